The molecule has 1 N–H and O–H groups in total. The van der Waals surface area contributed by atoms with E-state index in [-0.39, 0.29) is 16.8 Å². The lowest BCUT2D eigenvalue weighted by Crippen LogP contribution is -2.27. The second kappa shape index (κ2) is 6.04. The van der Waals surface area contributed by atoms with Crippen molar-refractivity contribution in [1.82, 2.24) is 9.97 Å². The first kappa shape index (κ1) is 18.2. The molecule has 0 unspecified atom stereocenters. The highest BCUT2D eigenvalue weighted by atomic mass is 32.1. The molecule has 0 aliphatic rings. The number of allylic oxidation sites excluding steroid dienone is 1. The van der Waals surface area contributed by atoms with Crippen LogP contribution in [0.2, 0.25) is 0 Å². The molecule has 0 aliphatic carbocycles. The first-order valence-electron chi connectivity index (χ1n) is 6.91. The van der Waals surface area contributed by atoms with E-state index in [2.05, 4.69) is 21.9 Å². The van der Waals surface area contributed by atoms with Crippen molar-refractivity contribution in [3.05, 3.63) is 23.3 Å². The maximum atomic E-state index is 13.2. The number of hydrogen-bond acceptors (Lipinski definition) is 5. The Morgan fingerprint density at radius 3 is 2.50 bits per heavy atom. The summed E-state index contributed by atoms with van der Waals surface area (Å²) in [5, 5.41) is 2.86. The molecule has 0 aliphatic heterocycles. The number of fused-ring (bicyclic) bond motifs is 1. The predicted octanol–water partition coefficient (Wildman–Crippen LogP) is 4.92. The standard InChI is InChI=1S/C15H16F3N3O2S/c1-7(15(16,17)18)10-9(21-13(22)23-14(3,4)5)6-19-12-11(10)20-8(2)24-12/h6H,1H2,2-5H3,(H,21,22). The Balaban J connectivity index is 2.53. The Labute approximate surface area is 140 Å². The van der Waals surface area contributed by atoms with Crippen LogP contribution < -0.4 is 5.32 Å². The van der Waals surface area contributed by atoms with Gasteiger partial charge in [0.05, 0.1) is 22.5 Å². The number of aryl methyl sites for hydroxylation is 1. The molecule has 0 aromatic carbocycles. The Bertz CT molecular complexity index is 807. The highest BCUT2D eigenvalue weighted by molar-refractivity contribution is 7.18. The summed E-state index contributed by atoms with van der Waals surface area (Å²) in [6, 6.07) is 0. The third kappa shape index (κ3) is 4.02. The van der Waals surface area contributed by atoms with Crippen molar-refractivity contribution < 1.29 is 22.7 Å². The summed E-state index contributed by atoms with van der Waals surface area (Å²) in [6.45, 7) is 9.72. The quantitative estimate of drug-likeness (QED) is 0.826. The van der Waals surface area contributed by atoms with Crippen molar-refractivity contribution in [3.63, 3.8) is 0 Å². The fraction of sp³-hybridized carbons (Fsp3) is 0.400. The first-order valence-corrected chi connectivity index (χ1v) is 7.73. The molecule has 24 heavy (non-hydrogen) atoms. The highest BCUT2D eigenvalue weighted by Gasteiger charge is 2.36. The Hall–Kier alpha value is -2.16. The maximum absolute atomic E-state index is 13.2. The number of nitrogens with one attached hydrogen (secondary N) is 1. The molecule has 130 valence electrons. The largest absolute Gasteiger partial charge is 0.444 e. The second-order valence-corrected chi connectivity index (χ2v) is 7.22. The zero-order chi connectivity index (χ0) is 18.3. The summed E-state index contributed by atoms with van der Waals surface area (Å²) in [5.74, 6) is 0. The lowest BCUT2D eigenvalue weighted by atomic mass is 10.1. The van der Waals surface area contributed by atoms with Crippen LogP contribution in [0.1, 0.15) is 31.3 Å². The lowest BCUT2D eigenvalue weighted by Gasteiger charge is -2.21. The van der Waals surface area contributed by atoms with Crippen LogP contribution in [-0.4, -0.2) is 27.8 Å². The first-order chi connectivity index (χ1) is 10.9. The van der Waals surface area contributed by atoms with Crippen molar-refractivity contribution in [2.24, 2.45) is 0 Å². The normalized spacial score (nSPS) is 12.3. The van der Waals surface area contributed by atoms with E-state index in [4.69, 9.17) is 4.74 Å². The predicted molar refractivity (Wildman–Crippen MR) is 87.1 cm³/mol. The molecule has 2 rings (SSSR count). The van der Waals surface area contributed by atoms with Crippen molar-refractivity contribution in [2.45, 2.75) is 39.5 Å². The van der Waals surface area contributed by atoms with Crippen LogP contribution >= 0.6 is 11.3 Å². The number of amides is 1. The van der Waals surface area contributed by atoms with E-state index in [9.17, 15) is 18.0 Å². The molecular weight excluding hydrogens is 343 g/mol. The van der Waals surface area contributed by atoms with Gasteiger partial charge in [-0.25, -0.2) is 14.8 Å². The summed E-state index contributed by atoms with van der Waals surface area (Å²) in [5.41, 5.74) is -2.30. The van der Waals surface area contributed by atoms with Gasteiger partial charge in [0.1, 0.15) is 15.9 Å². The van der Waals surface area contributed by atoms with Gasteiger partial charge in [0.15, 0.2) is 0 Å². The molecular formula is C15H16F3N3O2S. The second-order valence-electron chi connectivity index (χ2n) is 6.04. The van der Waals surface area contributed by atoms with E-state index in [1.807, 2.05) is 0 Å². The van der Waals surface area contributed by atoms with Crippen molar-refractivity contribution in [3.8, 4) is 0 Å². The van der Waals surface area contributed by atoms with Gasteiger partial charge in [-0.1, -0.05) is 17.9 Å². The van der Waals surface area contributed by atoms with Gasteiger partial charge in [-0.3, -0.25) is 5.32 Å². The van der Waals surface area contributed by atoms with Gasteiger partial charge in [-0.2, -0.15) is 13.2 Å². The maximum Gasteiger partial charge on any atom is 0.416 e. The number of hydrogen-bond donors (Lipinski definition) is 1. The van der Waals surface area contributed by atoms with Crippen LogP contribution in [0.25, 0.3) is 15.9 Å². The van der Waals surface area contributed by atoms with Crippen molar-refractivity contribution in [1.29, 1.82) is 0 Å². The minimum Gasteiger partial charge on any atom is -0.444 e. The number of halogens is 3. The molecule has 2 aromatic heterocycles. The highest BCUT2D eigenvalue weighted by Crippen LogP contribution is 2.40. The van der Waals surface area contributed by atoms with E-state index in [1.54, 1.807) is 27.7 Å². The molecule has 0 radical (unpaired) electrons. The number of carbonyl (C=O) groups is 1. The number of aromatic nitrogens is 2. The van der Waals surface area contributed by atoms with Gasteiger partial charge in [-0.15, -0.1) is 0 Å². The molecule has 0 fully saturated rings. The molecule has 5 nitrogen and oxygen atoms in total. The number of pyridine rings is 1. The average molecular weight is 359 g/mol. The van der Waals surface area contributed by atoms with Gasteiger partial charge < -0.3 is 4.74 Å². The van der Waals surface area contributed by atoms with Crippen molar-refractivity contribution in [2.75, 3.05) is 5.32 Å². The van der Waals surface area contributed by atoms with E-state index >= 15 is 0 Å². The van der Waals surface area contributed by atoms with Crippen LogP contribution in [0, 0.1) is 6.92 Å². The van der Waals surface area contributed by atoms with Crippen LogP contribution in [0.15, 0.2) is 12.8 Å². The SMILES string of the molecule is C=C(c1c(NC(=O)OC(C)(C)C)cnc2sc(C)nc12)C(F)(F)F. The van der Waals surface area contributed by atoms with Gasteiger partial charge in [-0.05, 0) is 27.7 Å². The minimum atomic E-state index is -4.67. The zero-order valence-electron chi connectivity index (χ0n) is 13.5. The molecule has 0 atom stereocenters. The summed E-state index contributed by atoms with van der Waals surface area (Å²) in [4.78, 5) is 20.4. The summed E-state index contributed by atoms with van der Waals surface area (Å²) in [7, 11) is 0. The fourth-order valence-electron chi connectivity index (χ4n) is 1.94. The molecule has 0 spiro atoms. The number of alkyl halides is 3. The topological polar surface area (TPSA) is 64.1 Å². The van der Waals surface area contributed by atoms with Crippen molar-refractivity contribution >= 4 is 39.0 Å². The third-order valence-corrected chi connectivity index (χ3v) is 3.69. The van der Waals surface area contributed by atoms with Crippen LogP contribution in [0.5, 0.6) is 0 Å². The molecule has 0 saturated heterocycles. The zero-order valence-corrected chi connectivity index (χ0v) is 14.4. The number of carbonyl (C=O) groups excluding carboxylic acids is 1. The monoisotopic (exact) mass is 359 g/mol. The summed E-state index contributed by atoms with van der Waals surface area (Å²) >= 11 is 1.16. The average Bonchev–Trinajstić information content (AvgIpc) is 2.74. The number of ether oxygens (including phenoxy) is 1. The Kier molecular flexibility index (Phi) is 4.58. The lowest BCUT2D eigenvalue weighted by molar-refractivity contribution is -0.0685. The molecule has 0 saturated carbocycles. The number of anilines is 1. The van der Waals surface area contributed by atoms with Crippen LogP contribution in [-0.2, 0) is 4.74 Å². The molecule has 2 aromatic rings. The van der Waals surface area contributed by atoms with Gasteiger partial charge >= 0.3 is 12.3 Å². The number of nitrogens with zero attached hydrogens (tertiary/aromatic N) is 2. The van der Waals surface area contributed by atoms with E-state index in [0.29, 0.717) is 9.84 Å². The number of rotatable bonds is 2. The summed E-state index contributed by atoms with van der Waals surface area (Å²) in [6.07, 6.45) is -4.40. The molecule has 2 heterocycles. The molecule has 9 heteroatoms. The molecule has 0 bridgehead atoms. The molecule has 1 amide bonds. The minimum absolute atomic E-state index is 0.0494. The van der Waals surface area contributed by atoms with Crippen LogP contribution in [0.3, 0.4) is 0 Å². The smallest absolute Gasteiger partial charge is 0.416 e. The fourth-order valence-corrected chi connectivity index (χ4v) is 2.70. The van der Waals surface area contributed by atoms with E-state index in [0.717, 1.165) is 17.5 Å². The van der Waals surface area contributed by atoms with Gasteiger partial charge in [0, 0.05) is 5.56 Å². The third-order valence-electron chi connectivity index (χ3n) is 2.81. The van der Waals surface area contributed by atoms with Crippen LogP contribution in [0.4, 0.5) is 23.7 Å². The number of thiazole rings is 1. The summed E-state index contributed by atoms with van der Waals surface area (Å²) < 4.78 is 44.6. The van der Waals surface area contributed by atoms with Gasteiger partial charge in [0.25, 0.3) is 0 Å². The van der Waals surface area contributed by atoms with Gasteiger partial charge in [0.2, 0.25) is 0 Å². The Morgan fingerprint density at radius 2 is 1.96 bits per heavy atom. The van der Waals surface area contributed by atoms with E-state index in [1.165, 1.54) is 0 Å². The Morgan fingerprint density at radius 1 is 1.33 bits per heavy atom. The van der Waals surface area contributed by atoms with E-state index < -0.39 is 23.4 Å².